The third kappa shape index (κ3) is 7.12. The minimum absolute atomic E-state index is 0.197. The first kappa shape index (κ1) is 32.8. The van der Waals surface area contributed by atoms with Crippen molar-refractivity contribution in [1.29, 1.82) is 0 Å². The van der Waals surface area contributed by atoms with E-state index in [1.807, 2.05) is 26.0 Å². The van der Waals surface area contributed by atoms with Crippen LogP contribution in [0.15, 0.2) is 103 Å². The molecule has 0 N–H and O–H groups in total. The van der Waals surface area contributed by atoms with E-state index in [1.54, 1.807) is 18.2 Å². The molecular weight excluding hydrogens is 566 g/mol. The van der Waals surface area contributed by atoms with Crippen molar-refractivity contribution in [2.24, 2.45) is 0 Å². The maximum Gasteiger partial charge on any atom is 0.123 e. The van der Waals surface area contributed by atoms with Crippen molar-refractivity contribution < 1.29 is 8.78 Å². The van der Waals surface area contributed by atoms with Gasteiger partial charge in [0.25, 0.3) is 0 Å². The van der Waals surface area contributed by atoms with Gasteiger partial charge in [-0.3, -0.25) is 0 Å². The second-order valence-electron chi connectivity index (χ2n) is 12.8. The quantitative estimate of drug-likeness (QED) is 0.153. The fraction of sp³-hybridized carbons (Fsp3) is 0.227. The molecule has 0 aliphatic heterocycles. The lowest BCUT2D eigenvalue weighted by atomic mass is 9.88. The second-order valence-corrected chi connectivity index (χ2v) is 12.8. The number of hydrogen-bond donors (Lipinski definition) is 0. The Kier molecular flexibility index (Phi) is 9.87. The van der Waals surface area contributed by atoms with Gasteiger partial charge in [0, 0.05) is 0 Å². The van der Waals surface area contributed by atoms with E-state index in [0.717, 1.165) is 46.2 Å². The van der Waals surface area contributed by atoms with Gasteiger partial charge in [-0.25, -0.2) is 8.78 Å². The summed E-state index contributed by atoms with van der Waals surface area (Å²) >= 11 is 0. The van der Waals surface area contributed by atoms with E-state index >= 15 is 0 Å². The lowest BCUT2D eigenvalue weighted by Crippen LogP contribution is -1.97. The molecule has 0 saturated heterocycles. The highest BCUT2D eigenvalue weighted by atomic mass is 19.1. The zero-order valence-corrected chi connectivity index (χ0v) is 28.4. The minimum Gasteiger partial charge on any atom is -0.207 e. The summed E-state index contributed by atoms with van der Waals surface area (Å²) in [5.41, 5.74) is 18.9. The van der Waals surface area contributed by atoms with Crippen LogP contribution >= 0.6 is 0 Å². The average Bonchev–Trinajstić information content (AvgIpc) is 3.00. The Morgan fingerprint density at radius 3 is 1.61 bits per heavy atom. The highest BCUT2D eigenvalue weighted by Crippen LogP contribution is 2.35. The number of allylic oxidation sites excluding steroid dienone is 4. The van der Waals surface area contributed by atoms with E-state index < -0.39 is 0 Å². The standard InChI is InChI=1S/C44H44F2/c1-9-35-26-38(42-19-17-40(46)25-30(42)5)23-31(6)43(35)28(3)11-10-27(2)20-34-12-14-36(15-13-34)44-32(7)21-37(22-33(44)8)41-18-16-39(45)24-29(41)4/h10-19,21-26H,9,20H2,1-8H3. The van der Waals surface area contributed by atoms with Crippen LogP contribution in [-0.2, 0) is 12.8 Å². The van der Waals surface area contributed by atoms with Gasteiger partial charge in [-0.05, 0) is 169 Å². The van der Waals surface area contributed by atoms with Gasteiger partial charge in [0.1, 0.15) is 11.6 Å². The molecule has 0 saturated carbocycles. The normalized spacial score (nSPS) is 12.1. The zero-order valence-electron chi connectivity index (χ0n) is 28.4. The number of rotatable bonds is 8. The van der Waals surface area contributed by atoms with Crippen molar-refractivity contribution in [3.63, 3.8) is 0 Å². The van der Waals surface area contributed by atoms with Crippen LogP contribution in [0.25, 0.3) is 39.0 Å². The van der Waals surface area contributed by atoms with Crippen molar-refractivity contribution in [1.82, 2.24) is 0 Å². The average molecular weight is 611 g/mol. The number of benzene rings is 5. The van der Waals surface area contributed by atoms with E-state index in [2.05, 4.69) is 102 Å². The fourth-order valence-electron chi connectivity index (χ4n) is 6.86. The van der Waals surface area contributed by atoms with E-state index in [4.69, 9.17) is 0 Å². The molecule has 0 aliphatic carbocycles. The first-order valence-corrected chi connectivity index (χ1v) is 16.2. The molecule has 0 aliphatic rings. The monoisotopic (exact) mass is 610 g/mol. The van der Waals surface area contributed by atoms with Crippen LogP contribution in [0, 0.1) is 46.3 Å². The highest BCUT2D eigenvalue weighted by Gasteiger charge is 2.13. The van der Waals surface area contributed by atoms with E-state index in [0.29, 0.717) is 0 Å². The number of aryl methyl sites for hydroxylation is 6. The Labute approximate surface area is 274 Å². The first-order valence-electron chi connectivity index (χ1n) is 16.2. The van der Waals surface area contributed by atoms with Crippen LogP contribution in [0.1, 0.15) is 65.3 Å². The summed E-state index contributed by atoms with van der Waals surface area (Å²) in [4.78, 5) is 0. The molecule has 46 heavy (non-hydrogen) atoms. The fourth-order valence-corrected chi connectivity index (χ4v) is 6.86. The molecule has 0 radical (unpaired) electrons. The molecule has 0 aromatic heterocycles. The molecule has 5 aromatic rings. The summed E-state index contributed by atoms with van der Waals surface area (Å²) in [5, 5.41) is 0. The van der Waals surface area contributed by atoms with Crippen molar-refractivity contribution in [2.45, 2.75) is 68.2 Å². The highest BCUT2D eigenvalue weighted by molar-refractivity contribution is 5.79. The lowest BCUT2D eigenvalue weighted by molar-refractivity contribution is 0.626. The molecule has 234 valence electrons. The molecule has 5 rings (SSSR count). The van der Waals surface area contributed by atoms with E-state index in [1.165, 1.54) is 61.7 Å². The maximum atomic E-state index is 13.7. The smallest absolute Gasteiger partial charge is 0.123 e. The molecule has 0 spiro atoms. The molecule has 0 amide bonds. The SMILES string of the molecule is CCc1cc(-c2ccc(F)cc2C)cc(C)c1C(C)=CC=C(C)Cc1ccc(-c2c(C)cc(-c3ccc(F)cc3C)cc2C)cc1. The van der Waals surface area contributed by atoms with E-state index in [-0.39, 0.29) is 11.6 Å². The summed E-state index contributed by atoms with van der Waals surface area (Å²) in [5.74, 6) is -0.399. The van der Waals surface area contributed by atoms with Gasteiger partial charge in [0.05, 0.1) is 0 Å². The Morgan fingerprint density at radius 2 is 1.09 bits per heavy atom. The van der Waals surface area contributed by atoms with Gasteiger partial charge >= 0.3 is 0 Å². The van der Waals surface area contributed by atoms with Crippen LogP contribution < -0.4 is 0 Å². The summed E-state index contributed by atoms with van der Waals surface area (Å²) in [7, 11) is 0. The minimum atomic E-state index is -0.201. The Bertz CT molecular complexity index is 1950. The summed E-state index contributed by atoms with van der Waals surface area (Å²) < 4.78 is 27.4. The predicted octanol–water partition coefficient (Wildman–Crippen LogP) is 12.7. The van der Waals surface area contributed by atoms with Gasteiger partial charge < -0.3 is 0 Å². The maximum absolute atomic E-state index is 13.7. The predicted molar refractivity (Wildman–Crippen MR) is 193 cm³/mol. The van der Waals surface area contributed by atoms with Crippen molar-refractivity contribution in [3.8, 4) is 33.4 Å². The van der Waals surface area contributed by atoms with Gasteiger partial charge in [-0.2, -0.15) is 0 Å². The van der Waals surface area contributed by atoms with Crippen molar-refractivity contribution in [3.05, 3.63) is 159 Å². The third-order valence-corrected chi connectivity index (χ3v) is 9.07. The van der Waals surface area contributed by atoms with Crippen molar-refractivity contribution >= 4 is 5.57 Å². The molecule has 0 nitrogen and oxygen atoms in total. The van der Waals surface area contributed by atoms with Crippen LogP contribution in [0.2, 0.25) is 0 Å². The Balaban J connectivity index is 1.33. The summed E-state index contributed by atoms with van der Waals surface area (Å²) in [6.07, 6.45) is 6.29. The number of hydrogen-bond acceptors (Lipinski definition) is 0. The molecule has 0 unspecified atom stereocenters. The third-order valence-electron chi connectivity index (χ3n) is 9.07. The topological polar surface area (TPSA) is 0 Å². The Morgan fingerprint density at radius 1 is 0.565 bits per heavy atom. The van der Waals surface area contributed by atoms with Gasteiger partial charge in [0.15, 0.2) is 0 Å². The molecular formula is C44H44F2. The molecule has 0 fully saturated rings. The van der Waals surface area contributed by atoms with Crippen LogP contribution in [0.5, 0.6) is 0 Å². The van der Waals surface area contributed by atoms with Gasteiger partial charge in [-0.1, -0.05) is 85.3 Å². The van der Waals surface area contributed by atoms with Crippen LogP contribution in [0.4, 0.5) is 8.78 Å². The van der Waals surface area contributed by atoms with Crippen molar-refractivity contribution in [2.75, 3.05) is 0 Å². The molecule has 2 heteroatoms. The van der Waals surface area contributed by atoms with Gasteiger partial charge in [0.2, 0.25) is 0 Å². The van der Waals surface area contributed by atoms with Gasteiger partial charge in [-0.15, -0.1) is 0 Å². The Hall–Kier alpha value is -4.56. The first-order chi connectivity index (χ1) is 21.9. The summed E-state index contributed by atoms with van der Waals surface area (Å²) in [6.45, 7) is 17.0. The number of halogens is 2. The van der Waals surface area contributed by atoms with Crippen LogP contribution in [0.3, 0.4) is 0 Å². The molecule has 5 aromatic carbocycles. The zero-order chi connectivity index (χ0) is 33.1. The molecule has 0 atom stereocenters. The second kappa shape index (κ2) is 13.8. The largest absolute Gasteiger partial charge is 0.207 e. The molecule has 0 bridgehead atoms. The van der Waals surface area contributed by atoms with E-state index in [9.17, 15) is 8.78 Å². The van der Waals surface area contributed by atoms with Crippen LogP contribution in [-0.4, -0.2) is 0 Å². The lowest BCUT2D eigenvalue weighted by Gasteiger charge is -2.16. The molecule has 0 heterocycles. The summed E-state index contributed by atoms with van der Waals surface area (Å²) in [6, 6.07) is 27.9.